The van der Waals surface area contributed by atoms with Crippen LogP contribution in [0.2, 0.25) is 0 Å². The van der Waals surface area contributed by atoms with Gasteiger partial charge in [0.25, 0.3) is 0 Å². The van der Waals surface area contributed by atoms with Gasteiger partial charge >= 0.3 is 0 Å². The van der Waals surface area contributed by atoms with E-state index in [4.69, 9.17) is 0 Å². The Hall–Kier alpha value is -0.870. The first-order valence-electron chi connectivity index (χ1n) is 7.95. The second-order valence-corrected chi connectivity index (χ2v) is 6.81. The van der Waals surface area contributed by atoms with Crippen LogP contribution in [0.25, 0.3) is 0 Å². The van der Waals surface area contributed by atoms with Gasteiger partial charge in [0.15, 0.2) is 0 Å². The minimum Gasteiger partial charge on any atom is -0.876 e. The molecular weight excluding hydrogens is 268 g/mol. The van der Waals surface area contributed by atoms with Gasteiger partial charge in [0, 0.05) is 12.8 Å². The van der Waals surface area contributed by atoms with Crippen LogP contribution in [-0.4, -0.2) is 27.7 Å². The molecule has 0 saturated heterocycles. The number of carbonyl (C=O) groups is 1. The molecule has 2 rings (SSSR count). The maximum absolute atomic E-state index is 11.2. The number of aliphatic hydroxyl groups is 2. The molecular formula is C17H29O4-. The molecule has 0 aliphatic heterocycles. The van der Waals surface area contributed by atoms with E-state index in [0.29, 0.717) is 36.9 Å². The molecule has 4 unspecified atom stereocenters. The molecule has 2 N–H and O–H groups in total. The lowest BCUT2D eigenvalue weighted by Crippen LogP contribution is -2.41. The molecule has 0 aromatic rings. The average Bonchev–Trinajstić information content (AvgIpc) is 2.85. The zero-order valence-corrected chi connectivity index (χ0v) is 13.5. The Balaban J connectivity index is 0.000000491. The third kappa shape index (κ3) is 5.11. The molecule has 2 saturated carbocycles. The molecule has 4 nitrogen and oxygen atoms in total. The van der Waals surface area contributed by atoms with Crippen molar-refractivity contribution in [2.24, 2.45) is 17.8 Å². The minimum absolute atomic E-state index is 0.0833. The van der Waals surface area contributed by atoms with Crippen molar-refractivity contribution in [3.05, 3.63) is 12.3 Å². The van der Waals surface area contributed by atoms with Crippen LogP contribution >= 0.6 is 0 Å². The normalized spacial score (nSPS) is 30.7. The van der Waals surface area contributed by atoms with Crippen molar-refractivity contribution in [1.29, 1.82) is 0 Å². The molecule has 4 heteroatoms. The summed E-state index contributed by atoms with van der Waals surface area (Å²) in [6, 6.07) is 0. The first kappa shape index (κ1) is 18.2. The number of hydrogen-bond acceptors (Lipinski definition) is 4. The fraction of sp³-hybridized carbons (Fsp3) is 0.824. The summed E-state index contributed by atoms with van der Waals surface area (Å²) in [7, 11) is 0. The fourth-order valence-corrected chi connectivity index (χ4v) is 3.42. The van der Waals surface area contributed by atoms with E-state index in [0.717, 1.165) is 19.3 Å². The van der Waals surface area contributed by atoms with Crippen molar-refractivity contribution in [3.63, 3.8) is 0 Å². The van der Waals surface area contributed by atoms with E-state index >= 15 is 0 Å². The van der Waals surface area contributed by atoms with Gasteiger partial charge in [-0.3, -0.25) is 4.79 Å². The van der Waals surface area contributed by atoms with Gasteiger partial charge in [0.2, 0.25) is 0 Å². The predicted octanol–water partition coefficient (Wildman–Crippen LogP) is 1.78. The second kappa shape index (κ2) is 7.41. The SMILES string of the molecule is C=C(C)[O-].CCCCCC(C)(O)C(O)C1C2CC(=O)CC21. The van der Waals surface area contributed by atoms with E-state index in [1.165, 1.54) is 6.92 Å². The number of Topliss-reactive ketones (excluding diaryl/α,β-unsaturated/α-hetero) is 1. The first-order chi connectivity index (χ1) is 9.70. The van der Waals surface area contributed by atoms with Gasteiger partial charge in [0.05, 0.1) is 11.7 Å². The number of carbonyl (C=O) groups excluding carboxylic acids is 1. The molecule has 2 aliphatic carbocycles. The van der Waals surface area contributed by atoms with Crippen LogP contribution in [-0.2, 0) is 4.79 Å². The topological polar surface area (TPSA) is 80.6 Å². The van der Waals surface area contributed by atoms with Gasteiger partial charge in [-0.05, 0) is 31.1 Å². The standard InChI is InChI=1S/C14H24O3.C3H6O/c1-3-4-5-6-14(2,17)13(16)12-10-7-9(15)8-11(10)12;1-3(2)4/h10-13,16-17H,3-8H2,1-2H3;4H,1H2,2H3/p-1. The molecule has 0 spiro atoms. The molecule has 4 atom stereocenters. The number of fused-ring (bicyclic) bond motifs is 1. The molecule has 0 aromatic carbocycles. The summed E-state index contributed by atoms with van der Waals surface area (Å²) in [5, 5.41) is 29.9. The number of hydrogen-bond donors (Lipinski definition) is 2. The Labute approximate surface area is 127 Å². The van der Waals surface area contributed by atoms with Gasteiger partial charge in [-0.15, -0.1) is 12.3 Å². The summed E-state index contributed by atoms with van der Waals surface area (Å²) >= 11 is 0. The molecule has 0 aromatic heterocycles. The van der Waals surface area contributed by atoms with Crippen molar-refractivity contribution < 1.29 is 20.1 Å². The molecule has 0 bridgehead atoms. The van der Waals surface area contributed by atoms with Crippen LogP contribution in [0.3, 0.4) is 0 Å². The maximum Gasteiger partial charge on any atom is 0.133 e. The van der Waals surface area contributed by atoms with Crippen LogP contribution in [0.5, 0.6) is 0 Å². The maximum atomic E-state index is 11.2. The number of allylic oxidation sites excluding steroid dienone is 1. The lowest BCUT2D eigenvalue weighted by molar-refractivity contribution is -0.300. The van der Waals surface area contributed by atoms with E-state index in [1.54, 1.807) is 6.92 Å². The van der Waals surface area contributed by atoms with Crippen LogP contribution in [0.1, 0.15) is 59.3 Å². The Kier molecular flexibility index (Phi) is 6.41. The third-order valence-corrected chi connectivity index (χ3v) is 4.61. The molecule has 2 fully saturated rings. The second-order valence-electron chi connectivity index (χ2n) is 6.81. The largest absolute Gasteiger partial charge is 0.876 e. The highest BCUT2D eigenvalue weighted by atomic mass is 16.3. The number of ketones is 1. The van der Waals surface area contributed by atoms with E-state index in [1.807, 2.05) is 0 Å². The summed E-state index contributed by atoms with van der Waals surface area (Å²) in [5.74, 6) is 1.13. The van der Waals surface area contributed by atoms with Gasteiger partial charge in [0.1, 0.15) is 5.78 Å². The van der Waals surface area contributed by atoms with Crippen molar-refractivity contribution in [2.45, 2.75) is 71.0 Å². The smallest absolute Gasteiger partial charge is 0.133 e. The molecule has 2 aliphatic rings. The van der Waals surface area contributed by atoms with Crippen molar-refractivity contribution in [1.82, 2.24) is 0 Å². The number of aliphatic hydroxyl groups excluding tert-OH is 1. The van der Waals surface area contributed by atoms with Crippen molar-refractivity contribution in [3.8, 4) is 0 Å². The van der Waals surface area contributed by atoms with Crippen LogP contribution in [0.4, 0.5) is 0 Å². The number of rotatable bonds is 6. The van der Waals surface area contributed by atoms with Gasteiger partial charge < -0.3 is 15.3 Å². The van der Waals surface area contributed by atoms with E-state index in [-0.39, 0.29) is 11.7 Å². The van der Waals surface area contributed by atoms with Crippen LogP contribution in [0, 0.1) is 17.8 Å². The summed E-state index contributed by atoms with van der Waals surface area (Å²) in [5.41, 5.74) is -0.979. The zero-order chi connectivity index (χ0) is 16.2. The number of unbranched alkanes of at least 4 members (excludes halogenated alkanes) is 2. The summed E-state index contributed by atoms with van der Waals surface area (Å²) in [4.78, 5) is 11.2. The summed E-state index contributed by atoms with van der Waals surface area (Å²) in [6.07, 6.45) is 4.43. The Morgan fingerprint density at radius 1 is 1.43 bits per heavy atom. The van der Waals surface area contributed by atoms with E-state index < -0.39 is 11.7 Å². The first-order valence-corrected chi connectivity index (χ1v) is 7.95. The molecule has 0 heterocycles. The average molecular weight is 297 g/mol. The molecule has 21 heavy (non-hydrogen) atoms. The predicted molar refractivity (Wildman–Crippen MR) is 80.3 cm³/mol. The zero-order valence-electron chi connectivity index (χ0n) is 13.5. The molecule has 0 amide bonds. The molecule has 122 valence electrons. The Morgan fingerprint density at radius 3 is 2.33 bits per heavy atom. The van der Waals surface area contributed by atoms with Crippen molar-refractivity contribution >= 4 is 5.78 Å². The quantitative estimate of drug-likeness (QED) is 0.578. The highest BCUT2D eigenvalue weighted by Gasteiger charge is 2.61. The minimum atomic E-state index is -0.979. The highest BCUT2D eigenvalue weighted by Crippen LogP contribution is 2.59. The Morgan fingerprint density at radius 2 is 1.90 bits per heavy atom. The van der Waals surface area contributed by atoms with Crippen LogP contribution in [0.15, 0.2) is 12.3 Å². The van der Waals surface area contributed by atoms with Crippen LogP contribution < -0.4 is 5.11 Å². The monoisotopic (exact) mass is 297 g/mol. The van der Waals surface area contributed by atoms with E-state index in [9.17, 15) is 20.1 Å². The highest BCUT2D eigenvalue weighted by molar-refractivity contribution is 5.83. The van der Waals surface area contributed by atoms with Gasteiger partial charge in [-0.1, -0.05) is 33.1 Å². The Bertz CT molecular complexity index is 357. The van der Waals surface area contributed by atoms with Crippen molar-refractivity contribution in [2.75, 3.05) is 0 Å². The summed E-state index contributed by atoms with van der Waals surface area (Å²) < 4.78 is 0. The summed E-state index contributed by atoms with van der Waals surface area (Å²) in [6.45, 7) is 8.28. The molecule has 0 radical (unpaired) electrons. The van der Waals surface area contributed by atoms with E-state index in [2.05, 4.69) is 13.5 Å². The van der Waals surface area contributed by atoms with Gasteiger partial charge in [-0.25, -0.2) is 0 Å². The lowest BCUT2D eigenvalue weighted by atomic mass is 9.87. The fourth-order valence-electron chi connectivity index (χ4n) is 3.42. The van der Waals surface area contributed by atoms with Gasteiger partial charge in [-0.2, -0.15) is 0 Å². The lowest BCUT2D eigenvalue weighted by Gasteiger charge is -2.30. The third-order valence-electron chi connectivity index (χ3n) is 4.61.